The number of amides is 2. The van der Waals surface area contributed by atoms with Crippen LogP contribution in [0, 0.1) is 0 Å². The Morgan fingerprint density at radius 3 is 1.23 bits per heavy atom. The number of nitrogens with one attached hydrogen (secondary N) is 2. The lowest BCUT2D eigenvalue weighted by Crippen LogP contribution is -2.41. The summed E-state index contributed by atoms with van der Waals surface area (Å²) in [6.07, 6.45) is -0.234. The molecule has 0 aliphatic rings. The fourth-order valence-corrected chi connectivity index (χ4v) is 5.42. The van der Waals surface area contributed by atoms with E-state index in [1.165, 1.54) is 5.56 Å². The molecule has 47 heavy (non-hydrogen) atoms. The quantitative estimate of drug-likeness (QED) is 0.160. The Balaban J connectivity index is 1.42. The lowest BCUT2D eigenvalue weighted by atomic mass is 9.87. The maximum Gasteiger partial charge on any atom is 0.233 e. The van der Waals surface area contributed by atoms with Crippen molar-refractivity contribution >= 4 is 51.6 Å². The third kappa shape index (κ3) is 8.67. The van der Waals surface area contributed by atoms with Crippen LogP contribution in [0.15, 0.2) is 133 Å². The molecular formula is C41H44N4O2. The first-order valence-corrected chi connectivity index (χ1v) is 16.0. The summed E-state index contributed by atoms with van der Waals surface area (Å²) >= 11 is 0. The van der Waals surface area contributed by atoms with E-state index in [9.17, 15) is 9.59 Å². The van der Waals surface area contributed by atoms with Gasteiger partial charge < -0.3 is 20.4 Å². The van der Waals surface area contributed by atoms with Crippen molar-refractivity contribution in [1.82, 2.24) is 5.32 Å². The minimum atomic E-state index is -0.393. The van der Waals surface area contributed by atoms with Crippen molar-refractivity contribution in [2.45, 2.75) is 58.9 Å². The largest absolute Gasteiger partial charge is 0.351 e. The van der Waals surface area contributed by atoms with E-state index in [1.807, 2.05) is 69.3 Å². The molecule has 0 saturated heterocycles. The van der Waals surface area contributed by atoms with Crippen molar-refractivity contribution in [3.05, 3.63) is 139 Å². The average Bonchev–Trinajstić information content (AvgIpc) is 3.03. The minimum absolute atomic E-state index is 0.0745. The number of carbonyl (C=O) groups excluding carboxylic acids is 2. The second kappa shape index (κ2) is 14.0. The molecule has 6 heteroatoms. The van der Waals surface area contributed by atoms with Crippen molar-refractivity contribution in [3.63, 3.8) is 0 Å². The molecule has 0 aliphatic heterocycles. The highest BCUT2D eigenvalue weighted by Gasteiger charge is 2.19. The van der Waals surface area contributed by atoms with Crippen molar-refractivity contribution in [1.29, 1.82) is 0 Å². The van der Waals surface area contributed by atoms with Gasteiger partial charge in [0.05, 0.1) is 0 Å². The first-order valence-electron chi connectivity index (χ1n) is 16.0. The van der Waals surface area contributed by atoms with E-state index >= 15 is 0 Å². The van der Waals surface area contributed by atoms with Gasteiger partial charge in [-0.3, -0.25) is 9.59 Å². The van der Waals surface area contributed by atoms with Crippen molar-refractivity contribution < 1.29 is 9.59 Å². The molecule has 0 aliphatic carbocycles. The molecule has 0 spiro atoms. The van der Waals surface area contributed by atoms with Crippen molar-refractivity contribution in [2.24, 2.45) is 0 Å². The smallest absolute Gasteiger partial charge is 0.233 e. The van der Waals surface area contributed by atoms with E-state index < -0.39 is 5.54 Å². The van der Waals surface area contributed by atoms with Gasteiger partial charge in [-0.1, -0.05) is 69.3 Å². The Bertz CT molecular complexity index is 1770. The Hall–Kier alpha value is -5.36. The predicted octanol–water partition coefficient (Wildman–Crippen LogP) is 10.2. The van der Waals surface area contributed by atoms with Crippen LogP contribution in [0.3, 0.4) is 0 Å². The van der Waals surface area contributed by atoms with Gasteiger partial charge in [-0.05, 0) is 117 Å². The number of hydrogen-bond acceptors (Lipinski definition) is 4. The van der Waals surface area contributed by atoms with Gasteiger partial charge in [0, 0.05) is 45.4 Å². The molecule has 2 amide bonds. The molecule has 5 rings (SSSR count). The van der Waals surface area contributed by atoms with Gasteiger partial charge in [-0.25, -0.2) is 0 Å². The second-order valence-electron chi connectivity index (χ2n) is 13.7. The van der Waals surface area contributed by atoms with E-state index in [0.717, 1.165) is 34.1 Å². The molecule has 0 atom stereocenters. The zero-order valence-corrected chi connectivity index (χ0v) is 28.1. The number of nitrogens with zero attached hydrogens (tertiary/aromatic N) is 2. The zero-order chi connectivity index (χ0) is 33.6. The highest BCUT2D eigenvalue weighted by Crippen LogP contribution is 2.39. The Kier molecular flexibility index (Phi) is 9.80. The Morgan fingerprint density at radius 1 is 0.489 bits per heavy atom. The molecule has 0 bridgehead atoms. The van der Waals surface area contributed by atoms with Crippen LogP contribution in [-0.2, 0) is 15.0 Å². The van der Waals surface area contributed by atoms with Gasteiger partial charge in [0.25, 0.3) is 0 Å². The van der Waals surface area contributed by atoms with Gasteiger partial charge in [0.15, 0.2) is 0 Å². The van der Waals surface area contributed by atoms with Crippen LogP contribution in [0.25, 0.3) is 0 Å². The molecule has 0 saturated carbocycles. The lowest BCUT2D eigenvalue weighted by Gasteiger charge is -2.29. The molecule has 0 aromatic heterocycles. The minimum Gasteiger partial charge on any atom is -0.351 e. The van der Waals surface area contributed by atoms with Crippen molar-refractivity contribution in [2.75, 3.05) is 15.1 Å². The SMILES string of the molecule is CC(C)(C)NC(=O)CC(=O)Nc1ccc(N(c2ccccc2)c2ccc(N(c3ccccc3)c3ccc(C(C)(C)C)cc3)cc2)cc1. The zero-order valence-electron chi connectivity index (χ0n) is 28.1. The van der Waals surface area contributed by atoms with Crippen LogP contribution in [0.1, 0.15) is 53.5 Å². The van der Waals surface area contributed by atoms with Crippen molar-refractivity contribution in [3.8, 4) is 0 Å². The number of hydrogen-bond donors (Lipinski definition) is 2. The number of benzene rings is 5. The van der Waals surface area contributed by atoms with Crippen LogP contribution in [-0.4, -0.2) is 17.4 Å². The molecule has 5 aromatic rings. The van der Waals surface area contributed by atoms with Gasteiger partial charge >= 0.3 is 0 Å². The monoisotopic (exact) mass is 624 g/mol. The third-order valence-electron chi connectivity index (χ3n) is 7.63. The van der Waals surface area contributed by atoms with E-state index in [2.05, 4.69) is 126 Å². The standard InChI is InChI=1S/C41H44N4O2/c1-40(2,3)30-17-21-34(22-18-30)44(32-13-9-7-10-14-32)36-25-27-37(28-26-36)45(33-15-11-8-12-16-33)35-23-19-31(20-24-35)42-38(46)29-39(47)43-41(4,5)6/h7-28H,29H2,1-6H3,(H,42,46)(H,43,47). The lowest BCUT2D eigenvalue weighted by molar-refractivity contribution is -0.127. The fourth-order valence-electron chi connectivity index (χ4n) is 5.42. The molecule has 240 valence electrons. The fraction of sp³-hybridized carbons (Fsp3) is 0.220. The van der Waals surface area contributed by atoms with Crippen LogP contribution in [0.5, 0.6) is 0 Å². The Morgan fingerprint density at radius 2 is 0.851 bits per heavy atom. The number of para-hydroxylation sites is 2. The normalized spacial score (nSPS) is 11.4. The molecular weight excluding hydrogens is 580 g/mol. The molecule has 0 heterocycles. The number of rotatable bonds is 9. The topological polar surface area (TPSA) is 64.7 Å². The van der Waals surface area contributed by atoms with Gasteiger partial charge in [-0.2, -0.15) is 0 Å². The number of carbonyl (C=O) groups is 2. The summed E-state index contributed by atoms with van der Waals surface area (Å²) in [7, 11) is 0. The van der Waals surface area contributed by atoms with E-state index in [4.69, 9.17) is 0 Å². The summed E-state index contributed by atoms with van der Waals surface area (Å²) in [5.74, 6) is -0.663. The molecule has 2 N–H and O–H groups in total. The first kappa shape index (κ1) is 33.0. The van der Waals surface area contributed by atoms with Gasteiger partial charge in [-0.15, -0.1) is 0 Å². The Labute approximate surface area is 279 Å². The summed E-state index contributed by atoms with van der Waals surface area (Å²) < 4.78 is 0. The molecule has 0 radical (unpaired) electrons. The molecule has 5 aromatic carbocycles. The van der Waals surface area contributed by atoms with Crippen LogP contribution in [0.4, 0.5) is 39.8 Å². The van der Waals surface area contributed by atoms with Crippen LogP contribution < -0.4 is 20.4 Å². The first-order chi connectivity index (χ1) is 22.4. The van der Waals surface area contributed by atoms with Gasteiger partial charge in [0.1, 0.15) is 6.42 Å². The molecule has 6 nitrogen and oxygen atoms in total. The maximum atomic E-state index is 12.5. The van der Waals surface area contributed by atoms with E-state index in [0.29, 0.717) is 5.69 Å². The summed E-state index contributed by atoms with van der Waals surface area (Å²) in [6, 6.07) is 45.6. The molecule has 0 unspecified atom stereocenters. The number of anilines is 7. The summed E-state index contributed by atoms with van der Waals surface area (Å²) in [5, 5.41) is 5.67. The predicted molar refractivity (Wildman–Crippen MR) is 196 cm³/mol. The third-order valence-corrected chi connectivity index (χ3v) is 7.63. The van der Waals surface area contributed by atoms with E-state index in [-0.39, 0.29) is 23.7 Å². The molecule has 0 fully saturated rings. The second-order valence-corrected chi connectivity index (χ2v) is 13.7. The van der Waals surface area contributed by atoms with Crippen LogP contribution >= 0.6 is 0 Å². The average molecular weight is 625 g/mol. The summed E-state index contributed by atoms with van der Waals surface area (Å²) in [4.78, 5) is 29.2. The highest BCUT2D eigenvalue weighted by atomic mass is 16.2. The van der Waals surface area contributed by atoms with Crippen LogP contribution in [0.2, 0.25) is 0 Å². The van der Waals surface area contributed by atoms with E-state index in [1.54, 1.807) is 0 Å². The maximum absolute atomic E-state index is 12.5. The summed E-state index contributed by atoms with van der Waals surface area (Å²) in [6.45, 7) is 12.3. The van der Waals surface area contributed by atoms with Gasteiger partial charge in [0.2, 0.25) is 11.8 Å². The highest BCUT2D eigenvalue weighted by molar-refractivity contribution is 6.03. The summed E-state index contributed by atoms with van der Waals surface area (Å²) in [5.41, 5.74) is 7.75.